The van der Waals surface area contributed by atoms with Crippen LogP contribution in [0.1, 0.15) is 46.2 Å². The number of carbonyl (C=O) groups is 1. The van der Waals surface area contributed by atoms with Gasteiger partial charge in [-0.15, -0.1) is 0 Å². The predicted octanol–water partition coefficient (Wildman–Crippen LogP) is 4.36. The van der Waals surface area contributed by atoms with Gasteiger partial charge in [-0.25, -0.2) is 0 Å². The molecule has 0 spiro atoms. The van der Waals surface area contributed by atoms with Gasteiger partial charge >= 0.3 is 0 Å². The summed E-state index contributed by atoms with van der Waals surface area (Å²) < 4.78 is 2.83. The summed E-state index contributed by atoms with van der Waals surface area (Å²) in [5.74, 6) is -0.0810. The molecule has 3 aromatic rings. The fourth-order valence-corrected chi connectivity index (χ4v) is 4.06. The van der Waals surface area contributed by atoms with Gasteiger partial charge in [-0.05, 0) is 50.5 Å². The van der Waals surface area contributed by atoms with Crippen LogP contribution in [0, 0.1) is 6.92 Å². The maximum atomic E-state index is 12.9. The largest absolute Gasteiger partial charge is 0.345 e. The van der Waals surface area contributed by atoms with Crippen molar-refractivity contribution in [3.05, 3.63) is 69.6 Å². The van der Waals surface area contributed by atoms with Gasteiger partial charge < -0.3 is 5.32 Å². The van der Waals surface area contributed by atoms with E-state index < -0.39 is 0 Å². The van der Waals surface area contributed by atoms with E-state index in [9.17, 15) is 4.79 Å². The summed E-state index contributed by atoms with van der Waals surface area (Å²) in [5, 5.41) is 7.67. The number of halogens is 1. The quantitative estimate of drug-likeness (QED) is 0.679. The molecule has 1 amide bonds. The molecular formula is C21H21BrN4O. The average Bonchev–Trinajstić information content (AvgIpc) is 3.03. The minimum atomic E-state index is -0.0810. The van der Waals surface area contributed by atoms with E-state index in [4.69, 9.17) is 0 Å². The lowest BCUT2D eigenvalue weighted by atomic mass is 9.93. The zero-order valence-corrected chi connectivity index (χ0v) is 17.0. The zero-order valence-electron chi connectivity index (χ0n) is 15.4. The fourth-order valence-electron chi connectivity index (χ4n) is 3.66. The SMILES string of the molecule is Cc1nc(-c2cccc(Br)c2)ccc1C(=O)N[C@@H]1CCCc2nn(C)cc21. The monoisotopic (exact) mass is 424 g/mol. The minimum Gasteiger partial charge on any atom is -0.345 e. The van der Waals surface area contributed by atoms with Crippen LogP contribution in [0.3, 0.4) is 0 Å². The van der Waals surface area contributed by atoms with Crippen LogP contribution in [0.4, 0.5) is 0 Å². The molecule has 0 saturated heterocycles. The number of benzene rings is 1. The van der Waals surface area contributed by atoms with Crippen molar-refractivity contribution in [3.8, 4) is 11.3 Å². The van der Waals surface area contributed by atoms with Crippen molar-refractivity contribution in [2.24, 2.45) is 7.05 Å². The summed E-state index contributed by atoms with van der Waals surface area (Å²) in [6.07, 6.45) is 4.96. The lowest BCUT2D eigenvalue weighted by Gasteiger charge is -2.23. The van der Waals surface area contributed by atoms with Crippen molar-refractivity contribution in [1.29, 1.82) is 0 Å². The standard InChI is InChI=1S/C21H21BrN4O/c1-13-16(9-10-18(23-13)14-5-3-6-15(22)11-14)21(27)24-19-7-4-8-20-17(19)12-26(2)25-20/h3,5-6,9-12,19H,4,7-8H2,1-2H3,(H,24,27)/t19-/m1/s1. The van der Waals surface area contributed by atoms with Crippen LogP contribution in [-0.2, 0) is 13.5 Å². The van der Waals surface area contributed by atoms with E-state index in [1.807, 2.05) is 61.2 Å². The number of pyridine rings is 1. The van der Waals surface area contributed by atoms with Crippen LogP contribution in [0.25, 0.3) is 11.3 Å². The van der Waals surface area contributed by atoms with Crippen LogP contribution in [0.2, 0.25) is 0 Å². The summed E-state index contributed by atoms with van der Waals surface area (Å²) in [6, 6.07) is 11.8. The molecule has 0 fully saturated rings. The summed E-state index contributed by atoms with van der Waals surface area (Å²) >= 11 is 3.49. The molecule has 0 saturated carbocycles. The first-order valence-electron chi connectivity index (χ1n) is 9.08. The van der Waals surface area contributed by atoms with Crippen molar-refractivity contribution >= 4 is 21.8 Å². The number of nitrogens with one attached hydrogen (secondary N) is 1. The highest BCUT2D eigenvalue weighted by atomic mass is 79.9. The van der Waals surface area contributed by atoms with Crippen LogP contribution < -0.4 is 5.32 Å². The number of carbonyl (C=O) groups excluding carboxylic acids is 1. The summed E-state index contributed by atoms with van der Waals surface area (Å²) in [5.41, 5.74) is 5.45. The molecule has 5 nitrogen and oxygen atoms in total. The average molecular weight is 425 g/mol. The number of hydrogen-bond acceptors (Lipinski definition) is 3. The van der Waals surface area contributed by atoms with E-state index >= 15 is 0 Å². The van der Waals surface area contributed by atoms with Gasteiger partial charge in [0.05, 0.1) is 28.7 Å². The van der Waals surface area contributed by atoms with E-state index in [1.165, 1.54) is 0 Å². The van der Waals surface area contributed by atoms with Crippen molar-refractivity contribution in [1.82, 2.24) is 20.1 Å². The molecule has 27 heavy (non-hydrogen) atoms. The molecule has 1 aromatic carbocycles. The van der Waals surface area contributed by atoms with Crippen LogP contribution >= 0.6 is 15.9 Å². The number of fused-ring (bicyclic) bond motifs is 1. The molecule has 138 valence electrons. The molecule has 2 heterocycles. The molecule has 0 radical (unpaired) electrons. The van der Waals surface area contributed by atoms with E-state index in [1.54, 1.807) is 0 Å². The summed E-state index contributed by atoms with van der Waals surface area (Å²) in [6.45, 7) is 1.88. The number of aryl methyl sites for hydroxylation is 3. The summed E-state index contributed by atoms with van der Waals surface area (Å²) in [7, 11) is 1.92. The number of nitrogens with zero attached hydrogens (tertiary/aromatic N) is 3. The van der Waals surface area contributed by atoms with Gasteiger partial charge in [0.15, 0.2) is 0 Å². The second kappa shape index (κ2) is 7.27. The Labute approximate surface area is 167 Å². The third kappa shape index (κ3) is 3.67. The molecule has 2 aromatic heterocycles. The van der Waals surface area contributed by atoms with Crippen molar-refractivity contribution in [2.75, 3.05) is 0 Å². The Morgan fingerprint density at radius 2 is 2.15 bits per heavy atom. The number of hydrogen-bond donors (Lipinski definition) is 1. The van der Waals surface area contributed by atoms with E-state index in [-0.39, 0.29) is 11.9 Å². The first kappa shape index (κ1) is 17.9. The van der Waals surface area contributed by atoms with Gasteiger partial charge in [0.2, 0.25) is 0 Å². The Morgan fingerprint density at radius 1 is 1.30 bits per heavy atom. The normalized spacial score (nSPS) is 16.0. The van der Waals surface area contributed by atoms with E-state index in [0.717, 1.165) is 51.9 Å². The Bertz CT molecular complexity index is 1010. The Morgan fingerprint density at radius 3 is 2.93 bits per heavy atom. The Hall–Kier alpha value is -2.47. The van der Waals surface area contributed by atoms with Gasteiger partial charge in [-0.3, -0.25) is 14.5 Å². The molecule has 1 atom stereocenters. The predicted molar refractivity (Wildman–Crippen MR) is 108 cm³/mol. The second-order valence-electron chi connectivity index (χ2n) is 6.96. The van der Waals surface area contributed by atoms with Gasteiger partial charge in [-0.1, -0.05) is 28.1 Å². The maximum Gasteiger partial charge on any atom is 0.253 e. The highest BCUT2D eigenvalue weighted by Gasteiger charge is 2.25. The number of rotatable bonds is 3. The molecule has 1 N–H and O–H groups in total. The second-order valence-corrected chi connectivity index (χ2v) is 7.88. The number of amides is 1. The lowest BCUT2D eigenvalue weighted by molar-refractivity contribution is 0.0931. The van der Waals surface area contributed by atoms with Crippen molar-refractivity contribution < 1.29 is 4.79 Å². The van der Waals surface area contributed by atoms with Gasteiger partial charge in [0, 0.05) is 28.8 Å². The molecule has 1 aliphatic rings. The molecule has 6 heteroatoms. The number of aromatic nitrogens is 3. The smallest absolute Gasteiger partial charge is 0.253 e. The van der Waals surface area contributed by atoms with Crippen LogP contribution in [0.15, 0.2) is 47.1 Å². The first-order chi connectivity index (χ1) is 13.0. The Kier molecular flexibility index (Phi) is 4.83. The van der Waals surface area contributed by atoms with Gasteiger partial charge in [0.25, 0.3) is 5.91 Å². The molecule has 0 aliphatic heterocycles. The van der Waals surface area contributed by atoms with Gasteiger partial charge in [0.1, 0.15) is 0 Å². The third-order valence-corrected chi connectivity index (χ3v) is 5.47. The molecule has 4 rings (SSSR count). The first-order valence-corrected chi connectivity index (χ1v) is 9.87. The van der Waals surface area contributed by atoms with Crippen molar-refractivity contribution in [2.45, 2.75) is 32.2 Å². The Balaban J connectivity index is 1.56. The zero-order chi connectivity index (χ0) is 19.0. The molecule has 0 bridgehead atoms. The van der Waals surface area contributed by atoms with Crippen LogP contribution in [-0.4, -0.2) is 20.7 Å². The maximum absolute atomic E-state index is 12.9. The van der Waals surface area contributed by atoms with E-state index in [0.29, 0.717) is 5.56 Å². The lowest BCUT2D eigenvalue weighted by Crippen LogP contribution is -2.31. The molecule has 1 aliphatic carbocycles. The van der Waals surface area contributed by atoms with Gasteiger partial charge in [-0.2, -0.15) is 5.10 Å². The molecular weight excluding hydrogens is 404 g/mol. The minimum absolute atomic E-state index is 0.0131. The third-order valence-electron chi connectivity index (χ3n) is 4.98. The topological polar surface area (TPSA) is 59.8 Å². The fraction of sp³-hybridized carbons (Fsp3) is 0.286. The highest BCUT2D eigenvalue weighted by Crippen LogP contribution is 2.29. The summed E-state index contributed by atoms with van der Waals surface area (Å²) in [4.78, 5) is 17.5. The van der Waals surface area contributed by atoms with E-state index in [2.05, 4.69) is 31.3 Å². The molecule has 0 unspecified atom stereocenters. The van der Waals surface area contributed by atoms with Crippen LogP contribution in [0.5, 0.6) is 0 Å². The highest BCUT2D eigenvalue weighted by molar-refractivity contribution is 9.10. The van der Waals surface area contributed by atoms with Crippen molar-refractivity contribution in [3.63, 3.8) is 0 Å².